The Hall–Kier alpha value is -3.36. The standard InChI is InChI=1S/C15H12FN7O/c1-7-2-9(13-19-6-20-23-13)10(16)3-8(7)11-4-17-15-14(21-11)18-5-12(24)22-15/h2-4,6H,5H2,1H3,(H,18,21)(H,17,22,24)(H,19,20,23). The predicted octanol–water partition coefficient (Wildman–Crippen LogP) is 1.74. The average Bonchev–Trinajstić information content (AvgIpc) is 3.10. The molecule has 0 unspecified atom stereocenters. The number of benzene rings is 1. The molecule has 3 heterocycles. The van der Waals surface area contributed by atoms with Gasteiger partial charge in [-0.25, -0.2) is 19.3 Å². The van der Waals surface area contributed by atoms with Crippen LogP contribution in [0.1, 0.15) is 5.56 Å². The number of carbonyl (C=O) groups excluding carboxylic acids is 1. The molecule has 1 aliphatic rings. The van der Waals surface area contributed by atoms with Gasteiger partial charge in [-0.05, 0) is 24.6 Å². The van der Waals surface area contributed by atoms with Crippen LogP contribution < -0.4 is 10.6 Å². The highest BCUT2D eigenvalue weighted by Crippen LogP contribution is 2.30. The van der Waals surface area contributed by atoms with E-state index in [9.17, 15) is 9.18 Å². The Kier molecular flexibility index (Phi) is 3.19. The first kappa shape index (κ1) is 14.2. The van der Waals surface area contributed by atoms with Gasteiger partial charge in [-0.1, -0.05) is 0 Å². The number of nitrogens with one attached hydrogen (secondary N) is 3. The second kappa shape index (κ2) is 5.37. The molecule has 4 rings (SSSR count). The van der Waals surface area contributed by atoms with Crippen molar-refractivity contribution in [2.45, 2.75) is 6.92 Å². The van der Waals surface area contributed by atoms with E-state index in [2.05, 4.69) is 35.8 Å². The molecule has 1 aliphatic heterocycles. The van der Waals surface area contributed by atoms with Crippen LogP contribution >= 0.6 is 0 Å². The molecule has 9 heteroatoms. The first-order valence-electron chi connectivity index (χ1n) is 7.19. The van der Waals surface area contributed by atoms with Crippen molar-refractivity contribution < 1.29 is 9.18 Å². The number of aryl methyl sites for hydroxylation is 1. The number of aromatic amines is 1. The van der Waals surface area contributed by atoms with Gasteiger partial charge in [-0.3, -0.25) is 9.89 Å². The van der Waals surface area contributed by atoms with Gasteiger partial charge in [0.05, 0.1) is 24.0 Å². The molecule has 24 heavy (non-hydrogen) atoms. The van der Waals surface area contributed by atoms with Crippen LogP contribution in [0.15, 0.2) is 24.7 Å². The van der Waals surface area contributed by atoms with Crippen molar-refractivity contribution in [3.05, 3.63) is 36.0 Å². The fraction of sp³-hybridized carbons (Fsp3) is 0.133. The number of nitrogens with zero attached hydrogens (tertiary/aromatic N) is 4. The summed E-state index contributed by atoms with van der Waals surface area (Å²) in [5, 5.41) is 12.0. The van der Waals surface area contributed by atoms with E-state index in [1.54, 1.807) is 6.07 Å². The Bertz CT molecular complexity index is 939. The lowest BCUT2D eigenvalue weighted by atomic mass is 10.0. The van der Waals surface area contributed by atoms with Crippen molar-refractivity contribution in [1.82, 2.24) is 25.1 Å². The maximum atomic E-state index is 14.5. The zero-order chi connectivity index (χ0) is 16.7. The summed E-state index contributed by atoms with van der Waals surface area (Å²) in [6.07, 6.45) is 2.90. The van der Waals surface area contributed by atoms with Crippen molar-refractivity contribution in [3.8, 4) is 22.6 Å². The topological polar surface area (TPSA) is 108 Å². The molecule has 0 atom stereocenters. The normalized spacial score (nSPS) is 13.2. The highest BCUT2D eigenvalue weighted by atomic mass is 19.1. The van der Waals surface area contributed by atoms with Crippen LogP contribution in [0.25, 0.3) is 22.6 Å². The zero-order valence-electron chi connectivity index (χ0n) is 12.6. The fourth-order valence-electron chi connectivity index (χ4n) is 2.54. The molecule has 0 aliphatic carbocycles. The van der Waals surface area contributed by atoms with Gasteiger partial charge in [0, 0.05) is 5.56 Å². The SMILES string of the molecule is Cc1cc(-c2nc[nH]n2)c(F)cc1-c1cnc2c(n1)NCC(=O)N2. The van der Waals surface area contributed by atoms with Crippen molar-refractivity contribution in [3.63, 3.8) is 0 Å². The Morgan fingerprint density at radius 1 is 1.17 bits per heavy atom. The number of amides is 1. The van der Waals surface area contributed by atoms with Crippen molar-refractivity contribution in [2.24, 2.45) is 0 Å². The number of aromatic nitrogens is 5. The summed E-state index contributed by atoms with van der Waals surface area (Å²) in [5.74, 6) is 0.497. The maximum Gasteiger partial charge on any atom is 0.244 e. The lowest BCUT2D eigenvalue weighted by Gasteiger charge is -2.17. The second-order valence-corrected chi connectivity index (χ2v) is 5.32. The first-order valence-corrected chi connectivity index (χ1v) is 7.19. The third kappa shape index (κ3) is 2.35. The molecule has 0 saturated carbocycles. The Labute approximate surface area is 135 Å². The van der Waals surface area contributed by atoms with Crippen LogP contribution in [0.2, 0.25) is 0 Å². The molecule has 0 fully saturated rings. The molecule has 1 aromatic carbocycles. The van der Waals surface area contributed by atoms with Crippen molar-refractivity contribution in [1.29, 1.82) is 0 Å². The van der Waals surface area contributed by atoms with Crippen LogP contribution in [0, 0.1) is 12.7 Å². The molecule has 1 amide bonds. The van der Waals surface area contributed by atoms with Crippen LogP contribution in [0.4, 0.5) is 16.0 Å². The molecule has 2 aromatic heterocycles. The summed E-state index contributed by atoms with van der Waals surface area (Å²) in [5.41, 5.74) is 2.25. The zero-order valence-corrected chi connectivity index (χ0v) is 12.6. The fourth-order valence-corrected chi connectivity index (χ4v) is 2.54. The first-order chi connectivity index (χ1) is 11.6. The van der Waals surface area contributed by atoms with Gasteiger partial charge in [0.25, 0.3) is 0 Å². The van der Waals surface area contributed by atoms with Gasteiger partial charge in [0.15, 0.2) is 17.5 Å². The van der Waals surface area contributed by atoms with Crippen LogP contribution in [-0.2, 0) is 4.79 Å². The highest BCUT2D eigenvalue weighted by molar-refractivity contribution is 5.98. The second-order valence-electron chi connectivity index (χ2n) is 5.32. The number of anilines is 2. The van der Waals surface area contributed by atoms with Crippen LogP contribution in [-0.4, -0.2) is 37.6 Å². The molecule has 0 spiro atoms. The molecule has 0 radical (unpaired) electrons. The predicted molar refractivity (Wildman–Crippen MR) is 84.7 cm³/mol. The molecule has 8 nitrogen and oxygen atoms in total. The summed E-state index contributed by atoms with van der Waals surface area (Å²) in [6.45, 7) is 1.98. The molecule has 3 aromatic rings. The van der Waals surface area contributed by atoms with Gasteiger partial charge in [0.1, 0.15) is 12.1 Å². The van der Waals surface area contributed by atoms with E-state index < -0.39 is 5.82 Å². The minimum atomic E-state index is -0.448. The number of rotatable bonds is 2. The van der Waals surface area contributed by atoms with E-state index in [4.69, 9.17) is 0 Å². The lowest BCUT2D eigenvalue weighted by Crippen LogP contribution is -2.28. The maximum absolute atomic E-state index is 14.5. The quantitative estimate of drug-likeness (QED) is 0.662. The molecule has 3 N–H and O–H groups in total. The average molecular weight is 325 g/mol. The monoisotopic (exact) mass is 325 g/mol. The number of carbonyl (C=O) groups is 1. The number of H-pyrrole nitrogens is 1. The summed E-state index contributed by atoms with van der Waals surface area (Å²) in [4.78, 5) is 23.9. The minimum Gasteiger partial charge on any atom is -0.358 e. The van der Waals surface area contributed by atoms with E-state index in [0.29, 0.717) is 34.3 Å². The van der Waals surface area contributed by atoms with Gasteiger partial charge in [-0.2, -0.15) is 5.10 Å². The Balaban J connectivity index is 1.77. The smallest absolute Gasteiger partial charge is 0.244 e. The lowest BCUT2D eigenvalue weighted by molar-refractivity contribution is -0.114. The van der Waals surface area contributed by atoms with Crippen LogP contribution in [0.5, 0.6) is 0 Å². The molecule has 120 valence electrons. The highest BCUT2D eigenvalue weighted by Gasteiger charge is 2.19. The van der Waals surface area contributed by atoms with Crippen molar-refractivity contribution >= 4 is 17.5 Å². The number of hydrogen-bond acceptors (Lipinski definition) is 6. The van der Waals surface area contributed by atoms with E-state index in [0.717, 1.165) is 5.56 Å². The molecular weight excluding hydrogens is 313 g/mol. The van der Waals surface area contributed by atoms with Gasteiger partial charge in [-0.15, -0.1) is 0 Å². The molecular formula is C15H12FN7O. The van der Waals surface area contributed by atoms with E-state index >= 15 is 0 Å². The van der Waals surface area contributed by atoms with Crippen molar-refractivity contribution in [2.75, 3.05) is 17.2 Å². The number of fused-ring (bicyclic) bond motifs is 1. The summed E-state index contributed by atoms with van der Waals surface area (Å²) in [7, 11) is 0. The van der Waals surface area contributed by atoms with E-state index in [1.165, 1.54) is 18.6 Å². The molecule has 0 saturated heterocycles. The summed E-state index contributed by atoms with van der Waals surface area (Å²) >= 11 is 0. The Morgan fingerprint density at radius 2 is 2.04 bits per heavy atom. The number of hydrogen-bond donors (Lipinski definition) is 3. The minimum absolute atomic E-state index is 0.127. The van der Waals surface area contributed by atoms with E-state index in [-0.39, 0.29) is 12.5 Å². The van der Waals surface area contributed by atoms with Crippen LogP contribution in [0.3, 0.4) is 0 Å². The summed E-state index contributed by atoms with van der Waals surface area (Å²) < 4.78 is 14.5. The third-order valence-electron chi connectivity index (χ3n) is 3.69. The van der Waals surface area contributed by atoms with Gasteiger partial charge < -0.3 is 10.6 Å². The van der Waals surface area contributed by atoms with Gasteiger partial charge >= 0.3 is 0 Å². The largest absolute Gasteiger partial charge is 0.358 e. The number of halogens is 1. The Morgan fingerprint density at radius 3 is 2.83 bits per heavy atom. The van der Waals surface area contributed by atoms with Gasteiger partial charge in [0.2, 0.25) is 5.91 Å². The summed E-state index contributed by atoms with van der Waals surface area (Å²) in [6, 6.07) is 3.06. The third-order valence-corrected chi connectivity index (χ3v) is 3.69. The van der Waals surface area contributed by atoms with E-state index in [1.807, 2.05) is 6.92 Å². The molecule has 0 bridgehead atoms.